The summed E-state index contributed by atoms with van der Waals surface area (Å²) in [6.45, 7) is 5.74. The fraction of sp³-hybridized carbons (Fsp3) is 0.719. The highest BCUT2D eigenvalue weighted by Gasteiger charge is 2.50. The molecule has 1 rings (SSSR count). The van der Waals surface area contributed by atoms with Crippen molar-refractivity contribution in [3.63, 3.8) is 0 Å². The van der Waals surface area contributed by atoms with Gasteiger partial charge < -0.3 is 39.0 Å². The molecule has 0 amide bonds. The number of aliphatic hydroxyl groups excluding tert-OH is 2. The molecule has 0 aromatic rings. The number of rotatable bonds is 44. The molecular weight excluding hydrogens is 877 g/mol. The molecule has 0 radical (unpaired) electrons. The molecule has 0 aromatic heterocycles. The van der Waals surface area contributed by atoms with Gasteiger partial charge in [-0.2, -0.15) is 0 Å². The number of esters is 3. The van der Waals surface area contributed by atoms with Crippen LogP contribution in [0.3, 0.4) is 0 Å². The monoisotopic (exact) mass is 971 g/mol. The standard InChI is InChI=1S/C57H94O12/c1-4-7-10-13-16-19-21-23-24-25-26-28-30-33-36-39-42-45-51(60)68-55-53(62)52(61)54(56(63)64)69-57(55)66-47-48(67-50(59)44-41-38-35-31-18-15-12-9-6-3)46-65-49(58)43-40-37-34-32-29-27-22-20-17-14-11-8-5-2/h7,10-11,14,16,19-20,22-24,26,28,48,52-55,57,61-62H,4-6,8-9,12-13,15,17-18,21,25,27,29-47H2,1-3H3,(H,63,64)/b10-7-,14-11-,19-16-,22-20-,24-23-,28-26-. The third-order valence-corrected chi connectivity index (χ3v) is 11.7. The van der Waals surface area contributed by atoms with Crippen LogP contribution in [0.1, 0.15) is 213 Å². The number of ether oxygens (including phenoxy) is 5. The topological polar surface area (TPSA) is 175 Å². The summed E-state index contributed by atoms with van der Waals surface area (Å²) in [5.74, 6) is -3.17. The smallest absolute Gasteiger partial charge is 0.335 e. The van der Waals surface area contributed by atoms with E-state index in [0.29, 0.717) is 19.3 Å². The zero-order valence-electron chi connectivity index (χ0n) is 43.0. The van der Waals surface area contributed by atoms with Gasteiger partial charge in [-0.1, -0.05) is 184 Å². The van der Waals surface area contributed by atoms with Gasteiger partial charge in [-0.05, 0) is 83.5 Å². The predicted octanol–water partition coefficient (Wildman–Crippen LogP) is 13.0. The van der Waals surface area contributed by atoms with Crippen molar-refractivity contribution in [3.8, 4) is 0 Å². The second-order valence-corrected chi connectivity index (χ2v) is 18.1. The molecule has 1 aliphatic heterocycles. The lowest BCUT2D eigenvalue weighted by Gasteiger charge is -2.40. The van der Waals surface area contributed by atoms with Gasteiger partial charge in [-0.25, -0.2) is 4.79 Å². The maximum atomic E-state index is 13.0. The molecule has 0 spiro atoms. The molecule has 0 bridgehead atoms. The lowest BCUT2D eigenvalue weighted by Crippen LogP contribution is -2.61. The number of carboxylic acid groups (broad SMARTS) is 1. The Bertz CT molecular complexity index is 1480. The molecular formula is C57H94O12. The van der Waals surface area contributed by atoms with E-state index in [2.05, 4.69) is 93.7 Å². The van der Waals surface area contributed by atoms with E-state index in [4.69, 9.17) is 23.7 Å². The van der Waals surface area contributed by atoms with Crippen molar-refractivity contribution in [1.82, 2.24) is 0 Å². The van der Waals surface area contributed by atoms with E-state index in [-0.39, 0.29) is 25.9 Å². The van der Waals surface area contributed by atoms with Gasteiger partial charge in [0.15, 0.2) is 24.6 Å². The van der Waals surface area contributed by atoms with E-state index < -0.39 is 67.3 Å². The number of unbranched alkanes of at least 4 members (excludes halogenated alkanes) is 18. The SMILES string of the molecule is CC/C=C\C/C=C\C/C=C\C/C=C\CCCCCCC(=O)OC1C(OCC(COC(=O)CCCCCCC/C=C\C/C=C\CCC)OC(=O)CCCCCCCCCCC)OC(C(=O)O)C(O)C1O. The zero-order valence-corrected chi connectivity index (χ0v) is 43.0. The predicted molar refractivity (Wildman–Crippen MR) is 275 cm³/mol. The molecule has 69 heavy (non-hydrogen) atoms. The molecule has 1 saturated heterocycles. The normalized spacial score (nSPS) is 19.2. The second-order valence-electron chi connectivity index (χ2n) is 18.1. The van der Waals surface area contributed by atoms with Crippen molar-refractivity contribution in [2.24, 2.45) is 0 Å². The first-order chi connectivity index (χ1) is 33.6. The maximum absolute atomic E-state index is 13.0. The zero-order chi connectivity index (χ0) is 50.4. The summed E-state index contributed by atoms with van der Waals surface area (Å²) in [4.78, 5) is 50.8. The van der Waals surface area contributed by atoms with Crippen molar-refractivity contribution in [2.75, 3.05) is 13.2 Å². The minimum atomic E-state index is -1.91. The first-order valence-electron chi connectivity index (χ1n) is 26.9. The third-order valence-electron chi connectivity index (χ3n) is 11.7. The lowest BCUT2D eigenvalue weighted by atomic mass is 9.98. The van der Waals surface area contributed by atoms with Gasteiger partial charge in [-0.15, -0.1) is 0 Å². The van der Waals surface area contributed by atoms with Crippen LogP contribution in [0.2, 0.25) is 0 Å². The molecule has 0 aliphatic carbocycles. The van der Waals surface area contributed by atoms with Crippen LogP contribution in [0.15, 0.2) is 72.9 Å². The first-order valence-corrected chi connectivity index (χ1v) is 26.9. The Morgan fingerprint density at radius 3 is 1.45 bits per heavy atom. The van der Waals surface area contributed by atoms with E-state index >= 15 is 0 Å². The van der Waals surface area contributed by atoms with E-state index in [1.54, 1.807) is 0 Å². The number of carboxylic acids is 1. The van der Waals surface area contributed by atoms with Crippen molar-refractivity contribution in [3.05, 3.63) is 72.9 Å². The van der Waals surface area contributed by atoms with Gasteiger partial charge in [0.2, 0.25) is 0 Å². The minimum absolute atomic E-state index is 0.0298. The molecule has 394 valence electrons. The Morgan fingerprint density at radius 2 is 0.942 bits per heavy atom. The molecule has 6 unspecified atom stereocenters. The second kappa shape index (κ2) is 45.3. The van der Waals surface area contributed by atoms with Crippen LogP contribution in [-0.2, 0) is 42.9 Å². The van der Waals surface area contributed by atoms with Gasteiger partial charge in [0.05, 0.1) is 6.61 Å². The van der Waals surface area contributed by atoms with Gasteiger partial charge in [0, 0.05) is 19.3 Å². The summed E-state index contributed by atoms with van der Waals surface area (Å²) in [5.41, 5.74) is 0. The quantitative estimate of drug-likeness (QED) is 0.0228. The van der Waals surface area contributed by atoms with Crippen LogP contribution in [0, 0.1) is 0 Å². The highest BCUT2D eigenvalue weighted by atomic mass is 16.7. The summed E-state index contributed by atoms with van der Waals surface area (Å²) in [6.07, 6.45) is 43.2. The number of hydrogen-bond donors (Lipinski definition) is 3. The number of aliphatic carboxylic acids is 1. The van der Waals surface area contributed by atoms with Crippen LogP contribution >= 0.6 is 0 Å². The number of allylic oxidation sites excluding steroid dienone is 12. The molecule has 0 saturated carbocycles. The first kappa shape index (κ1) is 63.2. The molecule has 3 N–H and O–H groups in total. The summed E-state index contributed by atoms with van der Waals surface area (Å²) in [5, 5.41) is 31.3. The largest absolute Gasteiger partial charge is 0.479 e. The van der Waals surface area contributed by atoms with Crippen LogP contribution in [-0.4, -0.2) is 89.2 Å². The van der Waals surface area contributed by atoms with Crippen molar-refractivity contribution in [2.45, 2.75) is 250 Å². The number of hydrogen-bond acceptors (Lipinski definition) is 11. The number of aliphatic hydroxyl groups is 2. The molecule has 0 aromatic carbocycles. The minimum Gasteiger partial charge on any atom is -0.479 e. The molecule has 12 heteroatoms. The lowest BCUT2D eigenvalue weighted by molar-refractivity contribution is -0.301. The van der Waals surface area contributed by atoms with Gasteiger partial charge >= 0.3 is 23.9 Å². The van der Waals surface area contributed by atoms with E-state index in [9.17, 15) is 34.5 Å². The van der Waals surface area contributed by atoms with Crippen molar-refractivity contribution >= 4 is 23.9 Å². The Labute approximate surface area is 417 Å². The maximum Gasteiger partial charge on any atom is 0.335 e. The van der Waals surface area contributed by atoms with Gasteiger partial charge in [-0.3, -0.25) is 14.4 Å². The average Bonchev–Trinajstić information content (AvgIpc) is 3.33. The van der Waals surface area contributed by atoms with Crippen LogP contribution in [0.5, 0.6) is 0 Å². The van der Waals surface area contributed by atoms with Gasteiger partial charge in [0.1, 0.15) is 18.8 Å². The van der Waals surface area contributed by atoms with Crippen molar-refractivity contribution < 1.29 is 58.2 Å². The molecule has 1 aliphatic rings. The summed E-state index contributed by atoms with van der Waals surface area (Å²) in [7, 11) is 0. The Balaban J connectivity index is 2.71. The highest BCUT2D eigenvalue weighted by Crippen LogP contribution is 2.26. The number of carbonyl (C=O) groups is 4. The molecule has 1 heterocycles. The van der Waals surface area contributed by atoms with Crippen LogP contribution < -0.4 is 0 Å². The van der Waals surface area contributed by atoms with Crippen LogP contribution in [0.4, 0.5) is 0 Å². The van der Waals surface area contributed by atoms with Gasteiger partial charge in [0.25, 0.3) is 0 Å². The average molecular weight is 971 g/mol. The Morgan fingerprint density at radius 1 is 0.493 bits per heavy atom. The summed E-state index contributed by atoms with van der Waals surface area (Å²) >= 11 is 0. The van der Waals surface area contributed by atoms with E-state index in [1.807, 2.05) is 0 Å². The molecule has 6 atom stereocenters. The summed E-state index contributed by atoms with van der Waals surface area (Å²) < 4.78 is 28.2. The van der Waals surface area contributed by atoms with Crippen LogP contribution in [0.25, 0.3) is 0 Å². The molecule has 1 fully saturated rings. The van der Waals surface area contributed by atoms with Crippen molar-refractivity contribution in [1.29, 1.82) is 0 Å². The fourth-order valence-electron chi connectivity index (χ4n) is 7.63. The third kappa shape index (κ3) is 35.8. The Hall–Kier alpha value is -3.84. The fourth-order valence-corrected chi connectivity index (χ4v) is 7.63. The highest BCUT2D eigenvalue weighted by molar-refractivity contribution is 5.74. The Kier molecular flexibility index (Phi) is 41.5. The van der Waals surface area contributed by atoms with E-state index in [0.717, 1.165) is 122 Å². The molecule has 12 nitrogen and oxygen atoms in total. The van der Waals surface area contributed by atoms with E-state index in [1.165, 1.54) is 32.1 Å². The number of carbonyl (C=O) groups excluding carboxylic acids is 3. The summed E-state index contributed by atoms with van der Waals surface area (Å²) in [6, 6.07) is 0.